The van der Waals surface area contributed by atoms with E-state index in [1.54, 1.807) is 13.3 Å². The van der Waals surface area contributed by atoms with E-state index in [-0.39, 0.29) is 0 Å². The summed E-state index contributed by atoms with van der Waals surface area (Å²) < 4.78 is 6.88. The van der Waals surface area contributed by atoms with Gasteiger partial charge in [-0.25, -0.2) is 9.78 Å². The molecule has 1 aromatic carbocycles. The summed E-state index contributed by atoms with van der Waals surface area (Å²) in [4.78, 5) is 20.5. The van der Waals surface area contributed by atoms with Crippen LogP contribution >= 0.6 is 11.6 Å². The van der Waals surface area contributed by atoms with Gasteiger partial charge >= 0.3 is 5.97 Å². The molecule has 2 aromatic rings. The number of ether oxygens (including phenoxy) is 1. The zero-order valence-electron chi connectivity index (χ0n) is 11.8. The number of imidazole rings is 1. The number of rotatable bonds is 2. The topological polar surface area (TPSA) is 56.5 Å². The fourth-order valence-electron chi connectivity index (χ4n) is 2.36. The Kier molecular flexibility index (Phi) is 3.51. The number of hydrogen-bond acceptors (Lipinski definition) is 4. The predicted octanol–water partition coefficient (Wildman–Crippen LogP) is 2.86. The quantitative estimate of drug-likeness (QED) is 0.802. The first kappa shape index (κ1) is 13.8. The van der Waals surface area contributed by atoms with E-state index in [0.29, 0.717) is 29.7 Å². The third kappa shape index (κ3) is 2.34. The summed E-state index contributed by atoms with van der Waals surface area (Å²) in [5, 5.41) is 0.437. The van der Waals surface area contributed by atoms with Gasteiger partial charge in [0, 0.05) is 5.56 Å². The number of aromatic nitrogens is 2. The molecule has 1 aliphatic heterocycles. The van der Waals surface area contributed by atoms with E-state index in [4.69, 9.17) is 16.3 Å². The van der Waals surface area contributed by atoms with Crippen LogP contribution in [-0.4, -0.2) is 27.3 Å². The molecule has 0 saturated heterocycles. The van der Waals surface area contributed by atoms with E-state index in [9.17, 15) is 4.79 Å². The number of hydrogen-bond donors (Lipinski definition) is 0. The van der Waals surface area contributed by atoms with Crippen molar-refractivity contribution in [3.05, 3.63) is 47.0 Å². The minimum absolute atomic E-state index is 0.290. The lowest BCUT2D eigenvalue weighted by Gasteiger charge is -2.09. The van der Waals surface area contributed by atoms with Crippen LogP contribution in [0.25, 0.3) is 5.69 Å². The number of nitrogens with zero attached hydrogens (tertiary/aromatic N) is 3. The molecule has 2 heterocycles. The molecule has 0 radical (unpaired) electrons. The van der Waals surface area contributed by atoms with Crippen molar-refractivity contribution in [1.82, 2.24) is 9.55 Å². The number of aliphatic imine (C=N–C) groups is 1. The highest BCUT2D eigenvalue weighted by Gasteiger charge is 2.23. The standard InChI is InChI=1S/C15H14ClN3O2/c1-3-21-15(20)13-12-7-17-14(16)10-6-9(2)4-5-11(10)19(12)8-18-13/h4-6,8H,3,7H2,1-2H3. The van der Waals surface area contributed by atoms with Crippen molar-refractivity contribution in [3.8, 4) is 5.69 Å². The summed E-state index contributed by atoms with van der Waals surface area (Å²) in [6.45, 7) is 4.36. The van der Waals surface area contributed by atoms with Gasteiger partial charge in [-0.2, -0.15) is 0 Å². The largest absolute Gasteiger partial charge is 0.461 e. The van der Waals surface area contributed by atoms with Crippen molar-refractivity contribution in [2.24, 2.45) is 4.99 Å². The minimum Gasteiger partial charge on any atom is -0.461 e. The molecule has 0 amide bonds. The lowest BCUT2D eigenvalue weighted by Crippen LogP contribution is -2.09. The second kappa shape index (κ2) is 5.33. The molecule has 0 aliphatic carbocycles. The summed E-state index contributed by atoms with van der Waals surface area (Å²) in [6, 6.07) is 5.91. The molecule has 1 aliphatic rings. The van der Waals surface area contributed by atoms with Gasteiger partial charge in [0.2, 0.25) is 0 Å². The van der Waals surface area contributed by atoms with Gasteiger partial charge < -0.3 is 4.74 Å². The van der Waals surface area contributed by atoms with Gasteiger partial charge in [-0.05, 0) is 26.0 Å². The number of carbonyl (C=O) groups excluding carboxylic acids is 1. The summed E-state index contributed by atoms with van der Waals surface area (Å²) in [7, 11) is 0. The van der Waals surface area contributed by atoms with Crippen LogP contribution in [0.5, 0.6) is 0 Å². The molecule has 21 heavy (non-hydrogen) atoms. The van der Waals surface area contributed by atoms with Crippen LogP contribution in [0.4, 0.5) is 0 Å². The van der Waals surface area contributed by atoms with E-state index in [0.717, 1.165) is 16.8 Å². The molecule has 0 bridgehead atoms. The Balaban J connectivity index is 2.18. The van der Waals surface area contributed by atoms with Crippen LogP contribution in [-0.2, 0) is 11.3 Å². The third-order valence-corrected chi connectivity index (χ3v) is 3.66. The van der Waals surface area contributed by atoms with Crippen LogP contribution in [0.3, 0.4) is 0 Å². The Hall–Kier alpha value is -2.14. The number of carbonyl (C=O) groups is 1. The molecule has 0 saturated carbocycles. The summed E-state index contributed by atoms with van der Waals surface area (Å²) in [6.07, 6.45) is 1.61. The molecule has 6 heteroatoms. The molecular formula is C15H14ClN3O2. The Morgan fingerprint density at radius 1 is 1.48 bits per heavy atom. The fourth-order valence-corrected chi connectivity index (χ4v) is 2.57. The number of esters is 1. The Labute approximate surface area is 127 Å². The van der Waals surface area contributed by atoms with Crippen molar-refractivity contribution < 1.29 is 9.53 Å². The Morgan fingerprint density at radius 2 is 2.29 bits per heavy atom. The van der Waals surface area contributed by atoms with E-state index in [1.807, 2.05) is 29.7 Å². The van der Waals surface area contributed by atoms with Crippen molar-refractivity contribution in [2.45, 2.75) is 20.4 Å². The van der Waals surface area contributed by atoms with Crippen LogP contribution < -0.4 is 0 Å². The number of aryl methyl sites for hydroxylation is 1. The number of halogens is 1. The first-order chi connectivity index (χ1) is 10.1. The van der Waals surface area contributed by atoms with Gasteiger partial charge in [-0.15, -0.1) is 0 Å². The van der Waals surface area contributed by atoms with Crippen LogP contribution in [0.15, 0.2) is 29.5 Å². The third-order valence-electron chi connectivity index (χ3n) is 3.34. The predicted molar refractivity (Wildman–Crippen MR) is 80.4 cm³/mol. The molecule has 0 atom stereocenters. The summed E-state index contributed by atoms with van der Waals surface area (Å²) >= 11 is 6.26. The van der Waals surface area contributed by atoms with Crippen LogP contribution in [0, 0.1) is 6.92 Å². The van der Waals surface area contributed by atoms with E-state index < -0.39 is 5.97 Å². The average molecular weight is 304 g/mol. The molecule has 1 aromatic heterocycles. The first-order valence-electron chi connectivity index (χ1n) is 6.66. The van der Waals surface area contributed by atoms with E-state index >= 15 is 0 Å². The molecule has 5 nitrogen and oxygen atoms in total. The van der Waals surface area contributed by atoms with Crippen molar-refractivity contribution in [3.63, 3.8) is 0 Å². The first-order valence-corrected chi connectivity index (χ1v) is 7.04. The fraction of sp³-hybridized carbons (Fsp3) is 0.267. The molecule has 0 unspecified atom stereocenters. The van der Waals surface area contributed by atoms with E-state index in [2.05, 4.69) is 9.98 Å². The smallest absolute Gasteiger partial charge is 0.358 e. The van der Waals surface area contributed by atoms with E-state index in [1.165, 1.54) is 0 Å². The molecule has 3 rings (SSSR count). The van der Waals surface area contributed by atoms with Crippen molar-refractivity contribution in [1.29, 1.82) is 0 Å². The molecule has 0 fully saturated rings. The zero-order chi connectivity index (χ0) is 15.0. The zero-order valence-corrected chi connectivity index (χ0v) is 12.5. The summed E-state index contributed by atoms with van der Waals surface area (Å²) in [5.74, 6) is -0.437. The maximum Gasteiger partial charge on any atom is 0.358 e. The number of benzene rings is 1. The average Bonchev–Trinajstić information content (AvgIpc) is 2.83. The van der Waals surface area contributed by atoms with Crippen molar-refractivity contribution in [2.75, 3.05) is 6.61 Å². The van der Waals surface area contributed by atoms with Crippen molar-refractivity contribution >= 4 is 22.7 Å². The highest BCUT2D eigenvalue weighted by atomic mass is 35.5. The van der Waals surface area contributed by atoms with Crippen LogP contribution in [0.2, 0.25) is 0 Å². The molecular weight excluding hydrogens is 290 g/mol. The molecule has 0 spiro atoms. The van der Waals surface area contributed by atoms with Gasteiger partial charge in [0.15, 0.2) is 5.69 Å². The van der Waals surface area contributed by atoms with Gasteiger partial charge in [-0.3, -0.25) is 9.56 Å². The second-order valence-electron chi connectivity index (χ2n) is 4.76. The van der Waals surface area contributed by atoms with Gasteiger partial charge in [-0.1, -0.05) is 23.2 Å². The second-order valence-corrected chi connectivity index (χ2v) is 5.12. The number of fused-ring (bicyclic) bond motifs is 3. The maximum absolute atomic E-state index is 12.0. The van der Waals surface area contributed by atoms with Gasteiger partial charge in [0.05, 0.1) is 24.5 Å². The SMILES string of the molecule is CCOC(=O)c1ncn2c1CN=C(Cl)c1cc(C)ccc1-2. The lowest BCUT2D eigenvalue weighted by atomic mass is 10.1. The maximum atomic E-state index is 12.0. The Morgan fingerprint density at radius 3 is 3.05 bits per heavy atom. The highest BCUT2D eigenvalue weighted by Crippen LogP contribution is 2.26. The van der Waals surface area contributed by atoms with Gasteiger partial charge in [0.1, 0.15) is 11.5 Å². The summed E-state index contributed by atoms with van der Waals surface area (Å²) in [5.41, 5.74) is 3.78. The Bertz CT molecular complexity index is 749. The highest BCUT2D eigenvalue weighted by molar-refractivity contribution is 6.70. The van der Waals surface area contributed by atoms with Gasteiger partial charge in [0.25, 0.3) is 0 Å². The van der Waals surface area contributed by atoms with Crippen LogP contribution in [0.1, 0.15) is 34.2 Å². The minimum atomic E-state index is -0.437. The molecule has 0 N–H and O–H groups in total. The molecule has 108 valence electrons. The monoisotopic (exact) mass is 303 g/mol. The lowest BCUT2D eigenvalue weighted by molar-refractivity contribution is 0.0518. The normalized spacial score (nSPS) is 13.0.